The van der Waals surface area contributed by atoms with E-state index in [0.717, 1.165) is 5.56 Å². The monoisotopic (exact) mass is 340 g/mol. The second-order valence-corrected chi connectivity index (χ2v) is 6.53. The molecule has 6 heteroatoms. The van der Waals surface area contributed by atoms with Crippen molar-refractivity contribution in [1.82, 2.24) is 19.6 Å². The van der Waals surface area contributed by atoms with Gasteiger partial charge in [0.25, 0.3) is 0 Å². The molecule has 1 saturated heterocycles. The number of carbonyl (C=O) groups excluding carboxylic acids is 2. The van der Waals surface area contributed by atoms with Crippen LogP contribution in [0.5, 0.6) is 0 Å². The molecule has 6 nitrogen and oxygen atoms in total. The minimum Gasteiger partial charge on any atom is -0.344 e. The lowest BCUT2D eigenvalue weighted by Gasteiger charge is -2.40. The van der Waals surface area contributed by atoms with Crippen LogP contribution in [0.25, 0.3) is 0 Å². The van der Waals surface area contributed by atoms with Gasteiger partial charge in [-0.05, 0) is 18.1 Å². The van der Waals surface area contributed by atoms with Crippen molar-refractivity contribution in [2.45, 2.75) is 25.4 Å². The molecule has 1 aliphatic heterocycles. The van der Waals surface area contributed by atoms with Gasteiger partial charge in [0.1, 0.15) is 0 Å². The summed E-state index contributed by atoms with van der Waals surface area (Å²) >= 11 is 0. The average Bonchev–Trinajstić information content (AvgIpc) is 3.15. The van der Waals surface area contributed by atoms with Crippen molar-refractivity contribution in [2.75, 3.05) is 20.6 Å². The molecule has 0 saturated carbocycles. The smallest absolute Gasteiger partial charge is 0.227 e. The van der Waals surface area contributed by atoms with E-state index in [1.165, 1.54) is 0 Å². The summed E-state index contributed by atoms with van der Waals surface area (Å²) in [7, 11) is 3.62. The third-order valence-electron chi connectivity index (χ3n) is 4.92. The van der Waals surface area contributed by atoms with E-state index in [0.29, 0.717) is 25.9 Å². The molecule has 0 bridgehead atoms. The zero-order chi connectivity index (χ0) is 17.8. The van der Waals surface area contributed by atoms with Gasteiger partial charge in [-0.25, -0.2) is 0 Å². The molecule has 0 spiro atoms. The van der Waals surface area contributed by atoms with E-state index in [4.69, 9.17) is 0 Å². The molecule has 2 amide bonds. The van der Waals surface area contributed by atoms with Gasteiger partial charge in [0, 0.05) is 39.5 Å². The Bertz CT molecular complexity index is 714. The number of piperidine rings is 1. The van der Waals surface area contributed by atoms with Gasteiger partial charge < -0.3 is 9.80 Å². The van der Waals surface area contributed by atoms with Crippen LogP contribution in [0.3, 0.4) is 0 Å². The van der Waals surface area contributed by atoms with Gasteiger partial charge in [-0.15, -0.1) is 0 Å². The van der Waals surface area contributed by atoms with Gasteiger partial charge in [-0.1, -0.05) is 30.3 Å². The van der Waals surface area contributed by atoms with Crippen LogP contribution in [-0.2, 0) is 16.1 Å². The number of hydrogen-bond acceptors (Lipinski definition) is 3. The van der Waals surface area contributed by atoms with Gasteiger partial charge in [0.15, 0.2) is 0 Å². The van der Waals surface area contributed by atoms with E-state index in [2.05, 4.69) is 5.10 Å². The number of amides is 2. The van der Waals surface area contributed by atoms with E-state index < -0.39 is 0 Å². The molecule has 1 aliphatic rings. The third-order valence-corrected chi connectivity index (χ3v) is 4.92. The van der Waals surface area contributed by atoms with E-state index >= 15 is 0 Å². The zero-order valence-corrected chi connectivity index (χ0v) is 14.7. The first-order valence-corrected chi connectivity index (χ1v) is 8.61. The fraction of sp³-hybridized carbons (Fsp3) is 0.421. The van der Waals surface area contributed by atoms with Crippen molar-refractivity contribution < 1.29 is 9.59 Å². The SMILES string of the molecule is CN(CCn1cccn1)C(=O)[C@@H]1CCC(=O)N(C)[C@H]1c1ccccc1. The van der Waals surface area contributed by atoms with E-state index in [1.54, 1.807) is 23.0 Å². The van der Waals surface area contributed by atoms with Crippen LogP contribution < -0.4 is 0 Å². The Kier molecular flexibility index (Phi) is 5.16. The van der Waals surface area contributed by atoms with Crippen molar-refractivity contribution in [1.29, 1.82) is 0 Å². The summed E-state index contributed by atoms with van der Waals surface area (Å²) in [4.78, 5) is 28.7. The van der Waals surface area contributed by atoms with Crippen molar-refractivity contribution in [3.05, 3.63) is 54.4 Å². The molecular weight excluding hydrogens is 316 g/mol. The minimum atomic E-state index is -0.215. The number of likely N-dealkylation sites (tertiary alicyclic amines) is 1. The molecule has 2 heterocycles. The molecule has 1 fully saturated rings. The number of rotatable bonds is 5. The maximum absolute atomic E-state index is 13.1. The summed E-state index contributed by atoms with van der Waals surface area (Å²) in [6.45, 7) is 1.25. The summed E-state index contributed by atoms with van der Waals surface area (Å²) in [5.41, 5.74) is 1.01. The Labute approximate surface area is 148 Å². The van der Waals surface area contributed by atoms with Crippen LogP contribution >= 0.6 is 0 Å². The highest BCUT2D eigenvalue weighted by molar-refractivity contribution is 5.84. The minimum absolute atomic E-state index is 0.0837. The van der Waals surface area contributed by atoms with Crippen LogP contribution in [0.1, 0.15) is 24.4 Å². The Morgan fingerprint density at radius 3 is 2.72 bits per heavy atom. The Morgan fingerprint density at radius 2 is 2.04 bits per heavy atom. The predicted molar refractivity (Wildman–Crippen MR) is 94.5 cm³/mol. The summed E-state index contributed by atoms with van der Waals surface area (Å²) in [6, 6.07) is 11.5. The third kappa shape index (κ3) is 3.73. The lowest BCUT2D eigenvalue weighted by Crippen LogP contribution is -2.47. The summed E-state index contributed by atoms with van der Waals surface area (Å²) in [5, 5.41) is 4.17. The maximum Gasteiger partial charge on any atom is 0.227 e. The summed E-state index contributed by atoms with van der Waals surface area (Å²) in [6.07, 6.45) is 4.63. The Hall–Kier alpha value is -2.63. The van der Waals surface area contributed by atoms with Crippen LogP contribution in [0.4, 0.5) is 0 Å². The van der Waals surface area contributed by atoms with E-state index in [-0.39, 0.29) is 23.8 Å². The number of carbonyl (C=O) groups is 2. The number of benzene rings is 1. The topological polar surface area (TPSA) is 58.4 Å². The Balaban J connectivity index is 1.75. The van der Waals surface area contributed by atoms with Crippen molar-refractivity contribution >= 4 is 11.8 Å². The number of aromatic nitrogens is 2. The highest BCUT2D eigenvalue weighted by Crippen LogP contribution is 2.36. The molecule has 2 aromatic rings. The fourth-order valence-corrected chi connectivity index (χ4v) is 3.48. The van der Waals surface area contributed by atoms with Gasteiger partial charge in [0.05, 0.1) is 18.5 Å². The second kappa shape index (κ2) is 7.51. The first kappa shape index (κ1) is 17.2. The van der Waals surface area contributed by atoms with Crippen LogP contribution in [0, 0.1) is 5.92 Å². The van der Waals surface area contributed by atoms with Gasteiger partial charge in [-0.3, -0.25) is 14.3 Å². The van der Waals surface area contributed by atoms with Gasteiger partial charge in [-0.2, -0.15) is 5.10 Å². The quantitative estimate of drug-likeness (QED) is 0.836. The Morgan fingerprint density at radius 1 is 1.28 bits per heavy atom. The maximum atomic E-state index is 13.1. The van der Waals surface area contributed by atoms with Crippen molar-refractivity contribution in [2.24, 2.45) is 5.92 Å². The predicted octanol–water partition coefficient (Wildman–Crippen LogP) is 1.95. The summed E-state index contributed by atoms with van der Waals surface area (Å²) in [5.74, 6) is -0.0369. The molecular formula is C19H24N4O2. The molecule has 0 N–H and O–H groups in total. The van der Waals surface area contributed by atoms with E-state index in [9.17, 15) is 9.59 Å². The molecule has 1 aromatic heterocycles. The molecule has 1 aromatic carbocycles. The first-order valence-electron chi connectivity index (χ1n) is 8.61. The highest BCUT2D eigenvalue weighted by Gasteiger charge is 2.39. The average molecular weight is 340 g/mol. The zero-order valence-electron chi connectivity index (χ0n) is 14.7. The lowest BCUT2D eigenvalue weighted by atomic mass is 9.83. The molecule has 132 valence electrons. The highest BCUT2D eigenvalue weighted by atomic mass is 16.2. The molecule has 2 atom stereocenters. The molecule has 0 unspecified atom stereocenters. The van der Waals surface area contributed by atoms with Crippen molar-refractivity contribution in [3.63, 3.8) is 0 Å². The van der Waals surface area contributed by atoms with Gasteiger partial charge in [0.2, 0.25) is 11.8 Å². The van der Waals surface area contributed by atoms with Crippen LogP contribution in [-0.4, -0.2) is 52.0 Å². The normalized spacial score (nSPS) is 20.6. The largest absolute Gasteiger partial charge is 0.344 e. The summed E-state index contributed by atoms with van der Waals surface area (Å²) < 4.78 is 1.81. The molecule has 0 radical (unpaired) electrons. The number of nitrogens with zero attached hydrogens (tertiary/aromatic N) is 4. The fourth-order valence-electron chi connectivity index (χ4n) is 3.48. The van der Waals surface area contributed by atoms with Crippen LogP contribution in [0.2, 0.25) is 0 Å². The molecule has 25 heavy (non-hydrogen) atoms. The number of likely N-dealkylation sites (N-methyl/N-ethyl adjacent to an activating group) is 1. The van der Waals surface area contributed by atoms with Crippen LogP contribution in [0.15, 0.2) is 48.8 Å². The van der Waals surface area contributed by atoms with Gasteiger partial charge >= 0.3 is 0 Å². The molecule has 3 rings (SSSR count). The second-order valence-electron chi connectivity index (χ2n) is 6.53. The lowest BCUT2D eigenvalue weighted by molar-refractivity contribution is -0.146. The molecule has 0 aliphatic carbocycles. The van der Waals surface area contributed by atoms with Crippen molar-refractivity contribution in [3.8, 4) is 0 Å². The van der Waals surface area contributed by atoms with E-state index in [1.807, 2.05) is 54.3 Å². The number of hydrogen-bond donors (Lipinski definition) is 0. The standard InChI is InChI=1S/C19H24N4O2/c1-21(13-14-23-12-6-11-20-23)19(25)16-9-10-17(24)22(2)18(16)15-7-4-3-5-8-15/h3-8,11-12,16,18H,9-10,13-14H2,1-2H3/t16-,18+/m1/s1. The first-order chi connectivity index (χ1) is 12.1.